The lowest BCUT2D eigenvalue weighted by Crippen LogP contribution is -2.32. The van der Waals surface area contributed by atoms with Gasteiger partial charge in [0.05, 0.1) is 11.4 Å². The number of anilines is 2. The summed E-state index contributed by atoms with van der Waals surface area (Å²) in [6.45, 7) is 7.35. The molecule has 1 saturated carbocycles. The Morgan fingerprint density at radius 3 is 2.65 bits per heavy atom. The second kappa shape index (κ2) is 4.59. The predicted octanol–water partition coefficient (Wildman–Crippen LogP) is 2.93. The fraction of sp³-hybridized carbons (Fsp3) is 0.769. The van der Waals surface area contributed by atoms with E-state index < -0.39 is 0 Å². The summed E-state index contributed by atoms with van der Waals surface area (Å²) >= 11 is 0. The highest BCUT2D eigenvalue weighted by Gasteiger charge is 2.30. The average Bonchev–Trinajstić information content (AvgIpc) is 2.80. The Labute approximate surface area is 104 Å². The number of nitrogen functional groups attached to an aromatic ring is 1. The molecule has 0 bridgehead atoms. The van der Waals surface area contributed by atoms with Crippen LogP contribution in [0.1, 0.15) is 51.6 Å². The summed E-state index contributed by atoms with van der Waals surface area (Å²) in [6.07, 6.45) is 6.14. The van der Waals surface area contributed by atoms with E-state index in [0.717, 1.165) is 30.2 Å². The number of aryl methyl sites for hydroxylation is 2. The monoisotopic (exact) mass is 236 g/mol. The molecule has 0 radical (unpaired) electrons. The van der Waals surface area contributed by atoms with Crippen molar-refractivity contribution >= 4 is 11.5 Å². The summed E-state index contributed by atoms with van der Waals surface area (Å²) in [7, 11) is 0. The zero-order chi connectivity index (χ0) is 12.5. The number of hydrogen-bond acceptors (Lipinski definition) is 3. The van der Waals surface area contributed by atoms with E-state index in [4.69, 9.17) is 5.73 Å². The van der Waals surface area contributed by atoms with Crippen LogP contribution in [0.4, 0.5) is 11.5 Å². The van der Waals surface area contributed by atoms with Gasteiger partial charge in [0.1, 0.15) is 5.82 Å². The maximum Gasteiger partial charge on any atom is 0.148 e. The van der Waals surface area contributed by atoms with Gasteiger partial charge in [0.2, 0.25) is 0 Å². The lowest BCUT2D eigenvalue weighted by atomic mass is 10.0. The Balaban J connectivity index is 2.24. The van der Waals surface area contributed by atoms with Gasteiger partial charge in [0.15, 0.2) is 0 Å². The number of nitrogens with one attached hydrogen (secondary N) is 1. The summed E-state index contributed by atoms with van der Waals surface area (Å²) in [5.41, 5.74) is 8.07. The molecule has 0 aliphatic heterocycles. The number of aromatic nitrogens is 2. The number of rotatable bonds is 4. The van der Waals surface area contributed by atoms with Gasteiger partial charge in [-0.05, 0) is 33.1 Å². The van der Waals surface area contributed by atoms with Crippen molar-refractivity contribution in [3.05, 3.63) is 5.69 Å². The van der Waals surface area contributed by atoms with Crippen LogP contribution in [0.3, 0.4) is 0 Å². The lowest BCUT2D eigenvalue weighted by molar-refractivity contribution is 0.515. The molecule has 1 fully saturated rings. The SMILES string of the molecule is CCCn1nc(C)c(N)c1NC1(C)CCCC1. The standard InChI is InChI=1S/C13H24N4/c1-4-9-17-12(11(14)10(2)16-17)15-13(3)7-5-6-8-13/h15H,4-9,14H2,1-3H3. The van der Waals surface area contributed by atoms with Crippen LogP contribution in [0.2, 0.25) is 0 Å². The van der Waals surface area contributed by atoms with Gasteiger partial charge in [-0.1, -0.05) is 19.8 Å². The average molecular weight is 236 g/mol. The molecule has 4 heteroatoms. The summed E-state index contributed by atoms with van der Waals surface area (Å²) in [4.78, 5) is 0. The van der Waals surface area contributed by atoms with Gasteiger partial charge < -0.3 is 11.1 Å². The van der Waals surface area contributed by atoms with Gasteiger partial charge in [-0.3, -0.25) is 0 Å². The normalized spacial score (nSPS) is 18.5. The zero-order valence-electron chi connectivity index (χ0n) is 11.2. The van der Waals surface area contributed by atoms with Crippen LogP contribution in [-0.4, -0.2) is 15.3 Å². The van der Waals surface area contributed by atoms with E-state index in [1.165, 1.54) is 25.7 Å². The van der Waals surface area contributed by atoms with Gasteiger partial charge in [-0.25, -0.2) is 4.68 Å². The molecule has 17 heavy (non-hydrogen) atoms. The number of hydrogen-bond donors (Lipinski definition) is 2. The van der Waals surface area contributed by atoms with Crippen LogP contribution >= 0.6 is 0 Å². The Hall–Kier alpha value is -1.19. The van der Waals surface area contributed by atoms with E-state index in [-0.39, 0.29) is 5.54 Å². The summed E-state index contributed by atoms with van der Waals surface area (Å²) in [5, 5.41) is 8.14. The quantitative estimate of drug-likeness (QED) is 0.845. The molecular weight excluding hydrogens is 212 g/mol. The highest BCUT2D eigenvalue weighted by molar-refractivity contribution is 5.65. The first kappa shape index (κ1) is 12.3. The van der Waals surface area contributed by atoms with Gasteiger partial charge in [0, 0.05) is 12.1 Å². The molecule has 0 atom stereocenters. The lowest BCUT2D eigenvalue weighted by Gasteiger charge is -2.27. The first-order chi connectivity index (χ1) is 8.06. The highest BCUT2D eigenvalue weighted by Crippen LogP contribution is 2.35. The van der Waals surface area contributed by atoms with Crippen molar-refractivity contribution in [1.82, 2.24) is 9.78 Å². The van der Waals surface area contributed by atoms with Crippen LogP contribution in [0.5, 0.6) is 0 Å². The molecule has 0 spiro atoms. The minimum Gasteiger partial charge on any atom is -0.394 e. The molecule has 1 aromatic rings. The van der Waals surface area contributed by atoms with Crippen molar-refractivity contribution in [2.45, 2.75) is 65.0 Å². The summed E-state index contributed by atoms with van der Waals surface area (Å²) < 4.78 is 2.02. The Kier molecular flexibility index (Phi) is 3.31. The van der Waals surface area contributed by atoms with Crippen molar-refractivity contribution in [2.24, 2.45) is 0 Å². The molecule has 1 aromatic heterocycles. The summed E-state index contributed by atoms with van der Waals surface area (Å²) in [6, 6.07) is 0. The Morgan fingerprint density at radius 1 is 1.41 bits per heavy atom. The van der Waals surface area contributed by atoms with Crippen LogP contribution in [0.25, 0.3) is 0 Å². The third kappa shape index (κ3) is 2.40. The molecule has 0 aromatic carbocycles. The van der Waals surface area contributed by atoms with E-state index >= 15 is 0 Å². The van der Waals surface area contributed by atoms with Crippen LogP contribution in [-0.2, 0) is 6.54 Å². The molecule has 4 nitrogen and oxygen atoms in total. The first-order valence-electron chi connectivity index (χ1n) is 6.67. The molecule has 3 N–H and O–H groups in total. The minimum absolute atomic E-state index is 0.200. The van der Waals surface area contributed by atoms with Crippen molar-refractivity contribution in [3.8, 4) is 0 Å². The van der Waals surface area contributed by atoms with Crippen LogP contribution in [0.15, 0.2) is 0 Å². The molecule has 1 aliphatic carbocycles. The predicted molar refractivity (Wildman–Crippen MR) is 72.2 cm³/mol. The molecule has 0 amide bonds. The number of nitrogens with zero attached hydrogens (tertiary/aromatic N) is 2. The number of nitrogens with two attached hydrogens (primary N) is 1. The Morgan fingerprint density at radius 2 is 2.06 bits per heavy atom. The summed E-state index contributed by atoms with van der Waals surface area (Å²) in [5.74, 6) is 1.02. The van der Waals surface area contributed by atoms with Crippen molar-refractivity contribution in [3.63, 3.8) is 0 Å². The third-order valence-electron chi connectivity index (χ3n) is 3.74. The van der Waals surface area contributed by atoms with E-state index in [9.17, 15) is 0 Å². The van der Waals surface area contributed by atoms with Gasteiger partial charge in [0.25, 0.3) is 0 Å². The molecular formula is C13H24N4. The molecule has 1 heterocycles. The molecule has 96 valence electrons. The minimum atomic E-state index is 0.200. The van der Waals surface area contributed by atoms with E-state index in [0.29, 0.717) is 0 Å². The first-order valence-corrected chi connectivity index (χ1v) is 6.67. The molecule has 2 rings (SSSR count). The maximum atomic E-state index is 6.12. The van der Waals surface area contributed by atoms with E-state index in [2.05, 4.69) is 24.3 Å². The highest BCUT2D eigenvalue weighted by atomic mass is 15.3. The largest absolute Gasteiger partial charge is 0.394 e. The van der Waals surface area contributed by atoms with Gasteiger partial charge in [-0.15, -0.1) is 0 Å². The van der Waals surface area contributed by atoms with Crippen molar-refractivity contribution < 1.29 is 0 Å². The van der Waals surface area contributed by atoms with E-state index in [1.54, 1.807) is 0 Å². The molecule has 1 aliphatic rings. The second-order valence-electron chi connectivity index (χ2n) is 5.46. The van der Waals surface area contributed by atoms with Gasteiger partial charge in [-0.2, -0.15) is 5.10 Å². The topological polar surface area (TPSA) is 55.9 Å². The van der Waals surface area contributed by atoms with E-state index in [1.807, 2.05) is 11.6 Å². The van der Waals surface area contributed by atoms with Crippen molar-refractivity contribution in [1.29, 1.82) is 0 Å². The zero-order valence-corrected chi connectivity index (χ0v) is 11.2. The fourth-order valence-electron chi connectivity index (χ4n) is 2.67. The molecule has 0 saturated heterocycles. The third-order valence-corrected chi connectivity index (χ3v) is 3.74. The van der Waals surface area contributed by atoms with Crippen LogP contribution in [0, 0.1) is 6.92 Å². The maximum absolute atomic E-state index is 6.12. The van der Waals surface area contributed by atoms with Gasteiger partial charge >= 0.3 is 0 Å². The van der Waals surface area contributed by atoms with Crippen LogP contribution < -0.4 is 11.1 Å². The smallest absolute Gasteiger partial charge is 0.148 e. The Bertz CT molecular complexity index is 388. The second-order valence-corrected chi connectivity index (χ2v) is 5.46. The fourth-order valence-corrected chi connectivity index (χ4v) is 2.67. The molecule has 0 unspecified atom stereocenters. The van der Waals surface area contributed by atoms with Crippen molar-refractivity contribution in [2.75, 3.05) is 11.1 Å².